The van der Waals surface area contributed by atoms with E-state index in [0.29, 0.717) is 6.04 Å². The van der Waals surface area contributed by atoms with Gasteiger partial charge in [0.15, 0.2) is 0 Å². The van der Waals surface area contributed by atoms with E-state index in [-0.39, 0.29) is 0 Å². The highest BCUT2D eigenvalue weighted by molar-refractivity contribution is 6.31. The molecule has 1 fully saturated rings. The number of halogens is 1. The smallest absolute Gasteiger partial charge is 0.0438 e. The van der Waals surface area contributed by atoms with E-state index in [2.05, 4.69) is 17.9 Å². The van der Waals surface area contributed by atoms with Gasteiger partial charge in [-0.2, -0.15) is 0 Å². The molecule has 0 unspecified atom stereocenters. The van der Waals surface area contributed by atoms with E-state index in [1.54, 1.807) is 0 Å². The lowest BCUT2D eigenvalue weighted by Crippen LogP contribution is -2.26. The van der Waals surface area contributed by atoms with Gasteiger partial charge in [0.1, 0.15) is 0 Å². The minimum Gasteiger partial charge on any atom is -0.326 e. The molecule has 0 aliphatic carbocycles. The van der Waals surface area contributed by atoms with Gasteiger partial charge in [-0.05, 0) is 30.5 Å². The predicted molar refractivity (Wildman–Crippen MR) is 64.1 cm³/mol. The van der Waals surface area contributed by atoms with Gasteiger partial charge in [-0.3, -0.25) is 4.90 Å². The minimum atomic E-state index is 0.351. The molecule has 1 atom stereocenters. The maximum atomic E-state index is 6.08. The standard InChI is InChI=1S/C12H17ClN2/c1-9-10(3-2-4-12(9)13)7-15-6-5-11(14)8-15/h2-4,11H,5-8,14H2,1H3/t11-/m1/s1. The van der Waals surface area contributed by atoms with Crippen LogP contribution < -0.4 is 5.73 Å². The zero-order valence-electron chi connectivity index (χ0n) is 9.04. The summed E-state index contributed by atoms with van der Waals surface area (Å²) in [6, 6.07) is 6.45. The predicted octanol–water partition coefficient (Wildman–Crippen LogP) is 2.18. The highest BCUT2D eigenvalue weighted by Gasteiger charge is 2.19. The van der Waals surface area contributed by atoms with Gasteiger partial charge in [0.25, 0.3) is 0 Å². The molecule has 0 bridgehead atoms. The molecule has 15 heavy (non-hydrogen) atoms. The molecule has 1 aliphatic heterocycles. The van der Waals surface area contributed by atoms with Crippen molar-refractivity contribution >= 4 is 11.6 Å². The van der Waals surface area contributed by atoms with Crippen molar-refractivity contribution in [1.29, 1.82) is 0 Å². The number of rotatable bonds is 2. The Labute approximate surface area is 96.0 Å². The van der Waals surface area contributed by atoms with E-state index in [0.717, 1.165) is 31.1 Å². The molecule has 1 saturated heterocycles. The van der Waals surface area contributed by atoms with E-state index in [4.69, 9.17) is 17.3 Å². The van der Waals surface area contributed by atoms with Gasteiger partial charge >= 0.3 is 0 Å². The summed E-state index contributed by atoms with van der Waals surface area (Å²) in [5, 5.41) is 0.857. The molecule has 2 N–H and O–H groups in total. The number of hydrogen-bond acceptors (Lipinski definition) is 2. The monoisotopic (exact) mass is 224 g/mol. The molecule has 0 radical (unpaired) electrons. The zero-order chi connectivity index (χ0) is 10.8. The Morgan fingerprint density at radius 2 is 2.33 bits per heavy atom. The molecule has 2 rings (SSSR count). The summed E-state index contributed by atoms with van der Waals surface area (Å²) in [5.74, 6) is 0. The van der Waals surface area contributed by atoms with Gasteiger partial charge in [-0.1, -0.05) is 23.7 Å². The molecule has 3 heteroatoms. The molecule has 1 heterocycles. The number of hydrogen-bond donors (Lipinski definition) is 1. The van der Waals surface area contributed by atoms with Crippen LogP contribution in [0.15, 0.2) is 18.2 Å². The third-order valence-electron chi connectivity index (χ3n) is 3.08. The van der Waals surface area contributed by atoms with Crippen LogP contribution in [0.4, 0.5) is 0 Å². The van der Waals surface area contributed by atoms with Crippen LogP contribution in [0.3, 0.4) is 0 Å². The molecule has 0 amide bonds. The topological polar surface area (TPSA) is 29.3 Å². The van der Waals surface area contributed by atoms with Gasteiger partial charge in [0.05, 0.1) is 0 Å². The fraction of sp³-hybridized carbons (Fsp3) is 0.500. The summed E-state index contributed by atoms with van der Waals surface area (Å²) >= 11 is 6.08. The van der Waals surface area contributed by atoms with E-state index < -0.39 is 0 Å². The number of likely N-dealkylation sites (tertiary alicyclic amines) is 1. The van der Waals surface area contributed by atoms with Crippen LogP contribution in [0.2, 0.25) is 5.02 Å². The van der Waals surface area contributed by atoms with Crippen LogP contribution in [-0.4, -0.2) is 24.0 Å². The van der Waals surface area contributed by atoms with Crippen molar-refractivity contribution in [2.24, 2.45) is 5.73 Å². The maximum Gasteiger partial charge on any atom is 0.0438 e. The Morgan fingerprint density at radius 3 is 3.00 bits per heavy atom. The average molecular weight is 225 g/mol. The summed E-state index contributed by atoms with van der Waals surface area (Å²) in [6.07, 6.45) is 1.11. The highest BCUT2D eigenvalue weighted by atomic mass is 35.5. The van der Waals surface area contributed by atoms with Crippen molar-refractivity contribution in [2.45, 2.75) is 25.9 Å². The van der Waals surface area contributed by atoms with Gasteiger partial charge in [-0.25, -0.2) is 0 Å². The van der Waals surface area contributed by atoms with Crippen molar-refractivity contribution in [1.82, 2.24) is 4.90 Å². The lowest BCUT2D eigenvalue weighted by atomic mass is 10.1. The number of benzene rings is 1. The Morgan fingerprint density at radius 1 is 1.53 bits per heavy atom. The van der Waals surface area contributed by atoms with E-state index in [9.17, 15) is 0 Å². The summed E-state index contributed by atoms with van der Waals surface area (Å²) in [6.45, 7) is 5.16. The maximum absolute atomic E-state index is 6.08. The first kappa shape index (κ1) is 10.9. The Hall–Kier alpha value is -0.570. The second-order valence-electron chi connectivity index (χ2n) is 4.31. The normalized spacial score (nSPS) is 22.2. The van der Waals surface area contributed by atoms with Crippen molar-refractivity contribution < 1.29 is 0 Å². The Bertz CT molecular complexity index is 351. The van der Waals surface area contributed by atoms with E-state index in [1.807, 2.05) is 12.1 Å². The van der Waals surface area contributed by atoms with Crippen LogP contribution in [0.1, 0.15) is 17.5 Å². The first-order chi connectivity index (χ1) is 7.16. The van der Waals surface area contributed by atoms with Gasteiger partial charge < -0.3 is 5.73 Å². The second kappa shape index (κ2) is 4.52. The van der Waals surface area contributed by atoms with Crippen LogP contribution in [0, 0.1) is 6.92 Å². The minimum absolute atomic E-state index is 0.351. The fourth-order valence-corrected chi connectivity index (χ4v) is 2.26. The van der Waals surface area contributed by atoms with Gasteiger partial charge in [-0.15, -0.1) is 0 Å². The molecule has 0 spiro atoms. The molecule has 1 aromatic carbocycles. The molecule has 82 valence electrons. The Balaban J connectivity index is 2.07. The molecule has 1 aromatic rings. The summed E-state index contributed by atoms with van der Waals surface area (Å²) in [7, 11) is 0. The first-order valence-electron chi connectivity index (χ1n) is 5.39. The van der Waals surface area contributed by atoms with E-state index >= 15 is 0 Å². The number of nitrogens with two attached hydrogens (primary N) is 1. The van der Waals surface area contributed by atoms with E-state index in [1.165, 1.54) is 11.1 Å². The van der Waals surface area contributed by atoms with Crippen LogP contribution >= 0.6 is 11.6 Å². The van der Waals surface area contributed by atoms with Crippen LogP contribution in [0.25, 0.3) is 0 Å². The summed E-state index contributed by atoms with van der Waals surface area (Å²) in [4.78, 5) is 2.39. The zero-order valence-corrected chi connectivity index (χ0v) is 9.80. The molecular formula is C12H17ClN2. The van der Waals surface area contributed by atoms with Crippen molar-refractivity contribution in [3.8, 4) is 0 Å². The molecular weight excluding hydrogens is 208 g/mol. The largest absolute Gasteiger partial charge is 0.326 e. The molecule has 1 aliphatic rings. The molecule has 2 nitrogen and oxygen atoms in total. The third kappa shape index (κ3) is 2.51. The van der Waals surface area contributed by atoms with Crippen molar-refractivity contribution in [3.63, 3.8) is 0 Å². The molecule has 0 saturated carbocycles. The SMILES string of the molecule is Cc1c(Cl)cccc1CN1CC[C@@H](N)C1. The average Bonchev–Trinajstić information content (AvgIpc) is 2.59. The van der Waals surface area contributed by atoms with Crippen molar-refractivity contribution in [2.75, 3.05) is 13.1 Å². The summed E-state index contributed by atoms with van der Waals surface area (Å²) in [5.41, 5.74) is 8.39. The van der Waals surface area contributed by atoms with Crippen molar-refractivity contribution in [3.05, 3.63) is 34.3 Å². The third-order valence-corrected chi connectivity index (χ3v) is 3.49. The number of nitrogens with zero attached hydrogens (tertiary/aromatic N) is 1. The molecule has 0 aromatic heterocycles. The first-order valence-corrected chi connectivity index (χ1v) is 5.76. The lowest BCUT2D eigenvalue weighted by molar-refractivity contribution is 0.326. The van der Waals surface area contributed by atoms with Crippen LogP contribution in [-0.2, 0) is 6.54 Å². The second-order valence-corrected chi connectivity index (χ2v) is 4.72. The Kier molecular flexibility index (Phi) is 3.29. The lowest BCUT2D eigenvalue weighted by Gasteiger charge is -2.17. The van der Waals surface area contributed by atoms with Crippen LogP contribution in [0.5, 0.6) is 0 Å². The highest BCUT2D eigenvalue weighted by Crippen LogP contribution is 2.21. The van der Waals surface area contributed by atoms with Gasteiger partial charge in [0.2, 0.25) is 0 Å². The van der Waals surface area contributed by atoms with Gasteiger partial charge in [0, 0.05) is 30.7 Å². The fourth-order valence-electron chi connectivity index (χ4n) is 2.07. The summed E-state index contributed by atoms with van der Waals surface area (Å²) < 4.78 is 0. The quantitative estimate of drug-likeness (QED) is 0.835.